The lowest BCUT2D eigenvalue weighted by atomic mass is 10.1. The molecule has 0 saturated carbocycles. The molecular formula is C9H5BrINO4. The van der Waals surface area contributed by atoms with E-state index in [-0.39, 0.29) is 27.9 Å². The number of aldehydes is 1. The highest BCUT2D eigenvalue weighted by Gasteiger charge is 2.19. The lowest BCUT2D eigenvalue weighted by molar-refractivity contribution is -0.385. The van der Waals surface area contributed by atoms with E-state index in [1.165, 1.54) is 6.07 Å². The van der Waals surface area contributed by atoms with Crippen LogP contribution in [0.15, 0.2) is 12.1 Å². The molecular weight excluding hydrogens is 393 g/mol. The first-order valence-corrected chi connectivity index (χ1v) is 6.23. The van der Waals surface area contributed by atoms with Crippen molar-refractivity contribution in [3.05, 3.63) is 36.9 Å². The van der Waals surface area contributed by atoms with Crippen LogP contribution >= 0.6 is 38.5 Å². The van der Waals surface area contributed by atoms with Crippen LogP contribution < -0.4 is 0 Å². The number of carbonyl (C=O) groups excluding carboxylic acids is 2. The lowest BCUT2D eigenvalue weighted by Gasteiger charge is -2.03. The number of carbonyl (C=O) groups is 2. The van der Waals surface area contributed by atoms with Crippen LogP contribution in [0.4, 0.5) is 5.69 Å². The molecule has 0 fully saturated rings. The van der Waals surface area contributed by atoms with E-state index in [4.69, 9.17) is 0 Å². The van der Waals surface area contributed by atoms with Gasteiger partial charge in [0.2, 0.25) is 0 Å². The van der Waals surface area contributed by atoms with Gasteiger partial charge in [-0.05, 0) is 28.7 Å². The Labute approximate surface area is 113 Å². The van der Waals surface area contributed by atoms with E-state index in [0.717, 1.165) is 6.07 Å². The summed E-state index contributed by atoms with van der Waals surface area (Å²) in [5.41, 5.74) is -0.130. The summed E-state index contributed by atoms with van der Waals surface area (Å²) < 4.78 is 0.523. The number of halogens is 2. The first-order valence-electron chi connectivity index (χ1n) is 4.03. The van der Waals surface area contributed by atoms with E-state index in [9.17, 15) is 19.7 Å². The molecule has 0 spiro atoms. The first kappa shape index (κ1) is 13.2. The molecule has 0 radical (unpaired) electrons. The second-order valence-electron chi connectivity index (χ2n) is 2.82. The monoisotopic (exact) mass is 397 g/mol. The molecule has 84 valence electrons. The molecule has 0 saturated heterocycles. The fourth-order valence-electron chi connectivity index (χ4n) is 1.12. The third-order valence-electron chi connectivity index (χ3n) is 1.86. The lowest BCUT2D eigenvalue weighted by Crippen LogP contribution is -2.06. The maximum atomic E-state index is 11.4. The minimum Gasteiger partial charge on any atom is -0.298 e. The Morgan fingerprint density at radius 2 is 2.19 bits per heavy atom. The Morgan fingerprint density at radius 1 is 1.56 bits per heavy atom. The van der Waals surface area contributed by atoms with E-state index in [0.29, 0.717) is 9.86 Å². The summed E-state index contributed by atoms with van der Waals surface area (Å²) in [7, 11) is 0. The molecule has 1 aromatic rings. The second-order valence-corrected chi connectivity index (χ2v) is 4.55. The summed E-state index contributed by atoms with van der Waals surface area (Å²) in [6, 6.07) is 2.47. The number of hydrogen-bond donors (Lipinski definition) is 0. The van der Waals surface area contributed by atoms with Crippen molar-refractivity contribution in [2.24, 2.45) is 0 Å². The van der Waals surface area contributed by atoms with Gasteiger partial charge in [-0.25, -0.2) is 0 Å². The maximum Gasteiger partial charge on any atom is 0.280 e. The number of hydrogen-bond acceptors (Lipinski definition) is 4. The van der Waals surface area contributed by atoms with Crippen molar-refractivity contribution in [1.82, 2.24) is 0 Å². The van der Waals surface area contributed by atoms with Gasteiger partial charge in [0.1, 0.15) is 0 Å². The molecule has 1 rings (SSSR count). The zero-order valence-electron chi connectivity index (χ0n) is 7.78. The summed E-state index contributed by atoms with van der Waals surface area (Å²) in [5, 5.41) is 10.8. The molecule has 0 unspecified atom stereocenters. The molecule has 0 heterocycles. The SMILES string of the molecule is O=Cc1cc(I)c(C(=O)CBr)cc1[N+](=O)[O-]. The van der Waals surface area contributed by atoms with E-state index in [2.05, 4.69) is 15.9 Å². The topological polar surface area (TPSA) is 77.3 Å². The quantitative estimate of drug-likeness (QED) is 0.195. The molecule has 0 aliphatic carbocycles. The Bertz CT molecular complexity index is 475. The number of rotatable bonds is 4. The highest BCUT2D eigenvalue weighted by molar-refractivity contribution is 14.1. The van der Waals surface area contributed by atoms with E-state index < -0.39 is 4.92 Å². The van der Waals surface area contributed by atoms with Crippen molar-refractivity contribution in [3.8, 4) is 0 Å². The van der Waals surface area contributed by atoms with E-state index >= 15 is 0 Å². The fourth-order valence-corrected chi connectivity index (χ4v) is 2.21. The molecule has 0 aromatic heterocycles. The van der Waals surface area contributed by atoms with E-state index in [1.54, 1.807) is 0 Å². The van der Waals surface area contributed by atoms with Gasteiger partial charge in [0.05, 0.1) is 15.8 Å². The van der Waals surface area contributed by atoms with Crippen LogP contribution in [0.2, 0.25) is 0 Å². The summed E-state index contributed by atoms with van der Waals surface area (Å²) in [6.07, 6.45) is 0.405. The fraction of sp³-hybridized carbons (Fsp3) is 0.111. The molecule has 7 heteroatoms. The van der Waals surface area contributed by atoms with Crippen LogP contribution in [0.25, 0.3) is 0 Å². The number of benzene rings is 1. The Kier molecular flexibility index (Phi) is 4.54. The van der Waals surface area contributed by atoms with Gasteiger partial charge in [-0.2, -0.15) is 0 Å². The Morgan fingerprint density at radius 3 is 2.62 bits per heavy atom. The summed E-state index contributed by atoms with van der Waals surface area (Å²) >= 11 is 4.86. The number of Topliss-reactive ketones (excluding diaryl/α,β-unsaturated/α-hetero) is 1. The second kappa shape index (κ2) is 5.48. The zero-order valence-corrected chi connectivity index (χ0v) is 11.5. The maximum absolute atomic E-state index is 11.4. The number of nitro benzene ring substituents is 1. The van der Waals surface area contributed by atoms with Crippen molar-refractivity contribution in [3.63, 3.8) is 0 Å². The average molecular weight is 398 g/mol. The molecule has 0 aliphatic rings. The normalized spacial score (nSPS) is 9.88. The van der Waals surface area contributed by atoms with Crippen molar-refractivity contribution in [2.75, 3.05) is 5.33 Å². The van der Waals surface area contributed by atoms with Gasteiger partial charge in [0.15, 0.2) is 12.1 Å². The van der Waals surface area contributed by atoms with Gasteiger partial charge in [-0.3, -0.25) is 19.7 Å². The zero-order chi connectivity index (χ0) is 12.3. The molecule has 5 nitrogen and oxygen atoms in total. The number of alkyl halides is 1. The van der Waals surface area contributed by atoms with Crippen LogP contribution in [0.3, 0.4) is 0 Å². The van der Waals surface area contributed by atoms with Crippen molar-refractivity contribution in [1.29, 1.82) is 0 Å². The molecule has 0 bridgehead atoms. The Balaban J connectivity index is 3.44. The molecule has 1 aromatic carbocycles. The largest absolute Gasteiger partial charge is 0.298 e. The van der Waals surface area contributed by atoms with Crippen LogP contribution in [0.1, 0.15) is 20.7 Å². The van der Waals surface area contributed by atoms with Crippen molar-refractivity contribution >= 4 is 56.3 Å². The van der Waals surface area contributed by atoms with E-state index in [1.807, 2.05) is 22.6 Å². The van der Waals surface area contributed by atoms with Crippen LogP contribution in [-0.4, -0.2) is 22.3 Å². The third kappa shape index (κ3) is 2.64. The molecule has 0 amide bonds. The minimum atomic E-state index is -0.676. The molecule has 16 heavy (non-hydrogen) atoms. The highest BCUT2D eigenvalue weighted by Crippen LogP contribution is 2.24. The van der Waals surface area contributed by atoms with Crippen LogP contribution in [-0.2, 0) is 0 Å². The summed E-state index contributed by atoms with van der Waals surface area (Å²) in [4.78, 5) is 32.1. The average Bonchev–Trinajstić information content (AvgIpc) is 2.27. The number of ketones is 1. The van der Waals surface area contributed by atoms with Gasteiger partial charge in [-0.1, -0.05) is 15.9 Å². The van der Waals surface area contributed by atoms with Crippen LogP contribution in [0, 0.1) is 13.7 Å². The van der Waals surface area contributed by atoms with Gasteiger partial charge in [0, 0.05) is 15.2 Å². The Hall–Kier alpha value is -0.830. The molecule has 0 aliphatic heterocycles. The molecule has 0 N–H and O–H groups in total. The van der Waals surface area contributed by atoms with Crippen LogP contribution in [0.5, 0.6) is 0 Å². The minimum absolute atomic E-state index is 0.0273. The standard InChI is InChI=1S/C9H5BrINO4/c10-3-9(14)6-2-8(12(15)16)5(4-13)1-7(6)11/h1-2,4H,3H2. The predicted octanol–water partition coefficient (Wildman–Crippen LogP) is 2.59. The van der Waals surface area contributed by atoms with Gasteiger partial charge in [0.25, 0.3) is 5.69 Å². The van der Waals surface area contributed by atoms with Gasteiger partial charge >= 0.3 is 0 Å². The number of nitro groups is 1. The highest BCUT2D eigenvalue weighted by atomic mass is 127. The first-order chi connectivity index (χ1) is 7.51. The van der Waals surface area contributed by atoms with Gasteiger partial charge < -0.3 is 0 Å². The smallest absolute Gasteiger partial charge is 0.280 e. The summed E-state index contributed by atoms with van der Waals surface area (Å²) in [5.74, 6) is -0.259. The van der Waals surface area contributed by atoms with Crippen molar-refractivity contribution < 1.29 is 14.5 Å². The molecule has 0 atom stereocenters. The number of nitrogens with zero attached hydrogens (tertiary/aromatic N) is 1. The summed E-state index contributed by atoms with van der Waals surface area (Å²) in [6.45, 7) is 0. The van der Waals surface area contributed by atoms with Crippen molar-refractivity contribution in [2.45, 2.75) is 0 Å². The predicted molar refractivity (Wildman–Crippen MR) is 69.3 cm³/mol. The third-order valence-corrected chi connectivity index (χ3v) is 3.26. The van der Waals surface area contributed by atoms with Gasteiger partial charge in [-0.15, -0.1) is 0 Å².